The smallest absolute Gasteiger partial charge is 0.239 e. The molecule has 1 saturated heterocycles. The molecule has 2 aromatic rings. The Morgan fingerprint density at radius 3 is 3.22 bits per heavy atom. The normalized spacial score (nSPS) is 18.0. The van der Waals surface area contributed by atoms with E-state index in [-0.39, 0.29) is 18.6 Å². The highest BCUT2D eigenvalue weighted by molar-refractivity contribution is 7.14. The molecule has 7 heteroatoms. The summed E-state index contributed by atoms with van der Waals surface area (Å²) in [6.07, 6.45) is 0.241. The van der Waals surface area contributed by atoms with Gasteiger partial charge in [0.15, 0.2) is 5.13 Å². The second-order valence-electron chi connectivity index (χ2n) is 5.47. The molecule has 1 aromatic heterocycles. The fraction of sp³-hybridized carbons (Fsp3) is 0.375. The number of nitrogens with one attached hydrogen (secondary N) is 1. The average molecular weight is 332 g/mol. The molecule has 3 rings (SSSR count). The first-order chi connectivity index (χ1) is 11.2. The zero-order chi connectivity index (χ0) is 16.2. The molecule has 0 spiro atoms. The van der Waals surface area contributed by atoms with Crippen LogP contribution in [0.2, 0.25) is 0 Å². The van der Waals surface area contributed by atoms with Gasteiger partial charge in [-0.2, -0.15) is 0 Å². The number of carbonyl (C=O) groups is 1. The van der Waals surface area contributed by atoms with Crippen LogP contribution in [0.3, 0.4) is 0 Å². The third-order valence-electron chi connectivity index (χ3n) is 3.68. The molecule has 6 nitrogen and oxygen atoms in total. The van der Waals surface area contributed by atoms with Gasteiger partial charge in [-0.15, -0.1) is 11.3 Å². The van der Waals surface area contributed by atoms with Gasteiger partial charge in [0.1, 0.15) is 0 Å². The number of hydrogen-bond donors (Lipinski definition) is 2. The summed E-state index contributed by atoms with van der Waals surface area (Å²) in [4.78, 5) is 18.1. The Morgan fingerprint density at radius 2 is 2.43 bits per heavy atom. The second-order valence-corrected chi connectivity index (χ2v) is 6.33. The molecular weight excluding hydrogens is 312 g/mol. The van der Waals surface area contributed by atoms with Crippen LogP contribution in [0.4, 0.5) is 10.8 Å². The molecule has 1 aromatic carbocycles. The molecule has 0 unspecified atom stereocenters. The van der Waals surface area contributed by atoms with Crippen LogP contribution in [-0.4, -0.2) is 43.2 Å². The number of ether oxygens (including phenoxy) is 1. The summed E-state index contributed by atoms with van der Waals surface area (Å²) in [6.45, 7) is 4.57. The highest BCUT2D eigenvalue weighted by Crippen LogP contribution is 2.28. The highest BCUT2D eigenvalue weighted by Gasteiger charge is 2.17. The Labute approximate surface area is 139 Å². The van der Waals surface area contributed by atoms with Gasteiger partial charge in [-0.25, -0.2) is 4.98 Å². The number of rotatable bonds is 4. The average Bonchev–Trinajstić information content (AvgIpc) is 3.03. The largest absolute Gasteiger partial charge is 0.375 e. The highest BCUT2D eigenvalue weighted by atomic mass is 32.1. The van der Waals surface area contributed by atoms with Crippen molar-refractivity contribution in [3.63, 3.8) is 0 Å². The molecule has 1 amide bonds. The van der Waals surface area contributed by atoms with Gasteiger partial charge in [0, 0.05) is 29.7 Å². The second kappa shape index (κ2) is 7.08. The Balaban J connectivity index is 1.78. The molecule has 2 heterocycles. The van der Waals surface area contributed by atoms with Gasteiger partial charge < -0.3 is 20.7 Å². The van der Waals surface area contributed by atoms with Gasteiger partial charge in [-0.05, 0) is 19.1 Å². The van der Waals surface area contributed by atoms with E-state index in [0.717, 1.165) is 36.6 Å². The number of nitrogens with zero attached hydrogens (tertiary/aromatic N) is 2. The van der Waals surface area contributed by atoms with E-state index in [0.29, 0.717) is 5.13 Å². The summed E-state index contributed by atoms with van der Waals surface area (Å²) in [5, 5.41) is 5.19. The molecule has 0 saturated carbocycles. The van der Waals surface area contributed by atoms with E-state index in [1.807, 2.05) is 17.5 Å². The predicted molar refractivity (Wildman–Crippen MR) is 92.9 cm³/mol. The van der Waals surface area contributed by atoms with E-state index >= 15 is 0 Å². The van der Waals surface area contributed by atoms with Crippen LogP contribution in [-0.2, 0) is 9.53 Å². The minimum Gasteiger partial charge on any atom is -0.375 e. The third kappa shape index (κ3) is 3.87. The SMILES string of the molecule is C[C@H]1CN(c2cccc(-c3csc(NC(=O)CN)n3)c2)CCO1. The van der Waals surface area contributed by atoms with E-state index in [2.05, 4.69) is 34.3 Å². The van der Waals surface area contributed by atoms with Gasteiger partial charge in [0.2, 0.25) is 5.91 Å². The number of hydrogen-bond acceptors (Lipinski definition) is 6. The summed E-state index contributed by atoms with van der Waals surface area (Å²) in [7, 11) is 0. The van der Waals surface area contributed by atoms with Crippen molar-refractivity contribution in [1.29, 1.82) is 0 Å². The quantitative estimate of drug-likeness (QED) is 0.894. The lowest BCUT2D eigenvalue weighted by molar-refractivity contribution is -0.114. The van der Waals surface area contributed by atoms with Crippen LogP contribution >= 0.6 is 11.3 Å². The van der Waals surface area contributed by atoms with Crippen LogP contribution in [0.5, 0.6) is 0 Å². The first-order valence-electron chi connectivity index (χ1n) is 7.58. The summed E-state index contributed by atoms with van der Waals surface area (Å²) in [5.74, 6) is -0.234. The van der Waals surface area contributed by atoms with E-state index in [1.54, 1.807) is 0 Å². The monoisotopic (exact) mass is 332 g/mol. The molecule has 3 N–H and O–H groups in total. The van der Waals surface area contributed by atoms with Gasteiger partial charge in [-0.3, -0.25) is 4.79 Å². The van der Waals surface area contributed by atoms with Crippen molar-refractivity contribution in [2.45, 2.75) is 13.0 Å². The van der Waals surface area contributed by atoms with Crippen molar-refractivity contribution >= 4 is 28.1 Å². The molecule has 0 aliphatic carbocycles. The lowest BCUT2D eigenvalue weighted by atomic mass is 10.1. The fourth-order valence-corrected chi connectivity index (χ4v) is 3.28. The van der Waals surface area contributed by atoms with Gasteiger partial charge in [-0.1, -0.05) is 12.1 Å². The van der Waals surface area contributed by atoms with Gasteiger partial charge in [0.05, 0.1) is 24.9 Å². The molecule has 122 valence electrons. The number of morpholine rings is 1. The summed E-state index contributed by atoms with van der Waals surface area (Å²) in [5.41, 5.74) is 8.35. The molecule has 1 aliphatic rings. The topological polar surface area (TPSA) is 80.5 Å². The van der Waals surface area contributed by atoms with Crippen molar-refractivity contribution in [2.75, 3.05) is 36.5 Å². The molecule has 0 radical (unpaired) electrons. The molecule has 23 heavy (non-hydrogen) atoms. The molecule has 1 aliphatic heterocycles. The number of aromatic nitrogens is 1. The number of nitrogens with two attached hydrogens (primary N) is 1. The number of carbonyl (C=O) groups excluding carboxylic acids is 1. The summed E-state index contributed by atoms with van der Waals surface area (Å²) in [6, 6.07) is 8.28. The first-order valence-corrected chi connectivity index (χ1v) is 8.46. The first kappa shape index (κ1) is 15.9. The van der Waals surface area contributed by atoms with E-state index in [1.165, 1.54) is 11.3 Å². The Bertz CT molecular complexity index is 688. The Morgan fingerprint density at radius 1 is 1.57 bits per heavy atom. The van der Waals surface area contributed by atoms with Crippen LogP contribution in [0.1, 0.15) is 6.92 Å². The van der Waals surface area contributed by atoms with E-state index in [4.69, 9.17) is 10.5 Å². The van der Waals surface area contributed by atoms with E-state index < -0.39 is 0 Å². The van der Waals surface area contributed by atoms with Crippen molar-refractivity contribution < 1.29 is 9.53 Å². The minimum absolute atomic E-state index is 0.0420. The summed E-state index contributed by atoms with van der Waals surface area (Å²) < 4.78 is 5.59. The minimum atomic E-state index is -0.234. The van der Waals surface area contributed by atoms with Crippen molar-refractivity contribution in [3.05, 3.63) is 29.6 Å². The lowest BCUT2D eigenvalue weighted by Crippen LogP contribution is -2.41. The number of thiazole rings is 1. The number of anilines is 2. The molecule has 0 bridgehead atoms. The number of amides is 1. The standard InChI is InChI=1S/C16H20N4O2S/c1-11-9-20(5-6-22-11)13-4-2-3-12(7-13)14-10-23-16(18-14)19-15(21)8-17/h2-4,7,10-11H,5-6,8-9,17H2,1H3,(H,18,19,21)/t11-/m0/s1. The number of benzene rings is 1. The predicted octanol–water partition coefficient (Wildman–Crippen LogP) is 1.93. The maximum Gasteiger partial charge on any atom is 0.239 e. The van der Waals surface area contributed by atoms with Crippen LogP contribution < -0.4 is 16.0 Å². The van der Waals surface area contributed by atoms with Gasteiger partial charge in [0.25, 0.3) is 0 Å². The van der Waals surface area contributed by atoms with Crippen molar-refractivity contribution in [2.24, 2.45) is 5.73 Å². The fourth-order valence-electron chi connectivity index (χ4n) is 2.55. The molecule has 1 fully saturated rings. The Hall–Kier alpha value is -1.96. The maximum atomic E-state index is 11.3. The zero-order valence-corrected chi connectivity index (χ0v) is 13.8. The van der Waals surface area contributed by atoms with Crippen LogP contribution in [0, 0.1) is 0 Å². The lowest BCUT2D eigenvalue weighted by Gasteiger charge is -2.33. The maximum absolute atomic E-state index is 11.3. The summed E-state index contributed by atoms with van der Waals surface area (Å²) >= 11 is 1.40. The molecular formula is C16H20N4O2S. The van der Waals surface area contributed by atoms with E-state index in [9.17, 15) is 4.79 Å². The molecule has 1 atom stereocenters. The Kier molecular flexibility index (Phi) is 4.90. The third-order valence-corrected chi connectivity index (χ3v) is 4.44. The van der Waals surface area contributed by atoms with Crippen molar-refractivity contribution in [3.8, 4) is 11.3 Å². The van der Waals surface area contributed by atoms with Crippen LogP contribution in [0.25, 0.3) is 11.3 Å². The zero-order valence-electron chi connectivity index (χ0n) is 13.0. The van der Waals surface area contributed by atoms with Crippen LogP contribution in [0.15, 0.2) is 29.6 Å². The van der Waals surface area contributed by atoms with Gasteiger partial charge >= 0.3 is 0 Å². The van der Waals surface area contributed by atoms with Crippen molar-refractivity contribution in [1.82, 2.24) is 4.98 Å².